The predicted octanol–water partition coefficient (Wildman–Crippen LogP) is 5.11. The van der Waals surface area contributed by atoms with Crippen molar-refractivity contribution in [2.45, 2.75) is 20.1 Å². The number of halogens is 1. The van der Waals surface area contributed by atoms with Crippen molar-refractivity contribution in [1.82, 2.24) is 14.5 Å². The molecule has 0 aliphatic carbocycles. The highest BCUT2D eigenvalue weighted by molar-refractivity contribution is 6.00. The molecule has 166 valence electrons. The van der Waals surface area contributed by atoms with E-state index < -0.39 is 18.1 Å². The summed E-state index contributed by atoms with van der Waals surface area (Å²) >= 11 is 0. The lowest BCUT2D eigenvalue weighted by Crippen LogP contribution is -2.11. The van der Waals surface area contributed by atoms with Crippen LogP contribution < -0.4 is 5.32 Å². The van der Waals surface area contributed by atoms with E-state index in [4.69, 9.17) is 4.74 Å². The van der Waals surface area contributed by atoms with Gasteiger partial charge >= 0.3 is 5.97 Å². The highest BCUT2D eigenvalue weighted by atomic mass is 19.1. The molecular formula is C25H21FN4O3. The van der Waals surface area contributed by atoms with Crippen molar-refractivity contribution >= 4 is 28.6 Å². The van der Waals surface area contributed by atoms with Gasteiger partial charge in [0.05, 0.1) is 0 Å². The van der Waals surface area contributed by atoms with E-state index in [1.807, 2.05) is 24.3 Å². The molecule has 0 spiro atoms. The maximum atomic E-state index is 13.9. The van der Waals surface area contributed by atoms with E-state index in [2.05, 4.69) is 21.9 Å². The quantitative estimate of drug-likeness (QED) is 0.254. The van der Waals surface area contributed by atoms with Crippen molar-refractivity contribution in [2.75, 3.05) is 5.32 Å². The van der Waals surface area contributed by atoms with Crippen LogP contribution in [0.15, 0.2) is 73.7 Å². The lowest BCUT2D eigenvalue weighted by molar-refractivity contribution is -0.149. The van der Waals surface area contributed by atoms with E-state index in [0.29, 0.717) is 16.9 Å². The Kier molecular flexibility index (Phi) is 5.99. The van der Waals surface area contributed by atoms with Crippen molar-refractivity contribution in [3.8, 4) is 22.3 Å². The number of nitrogens with zero attached hydrogens (tertiary/aromatic N) is 3. The minimum Gasteiger partial charge on any atom is -0.442 e. The monoisotopic (exact) mass is 444 g/mol. The first-order chi connectivity index (χ1) is 15.9. The molecule has 0 saturated carbocycles. The topological polar surface area (TPSA) is 86.1 Å². The summed E-state index contributed by atoms with van der Waals surface area (Å²) in [4.78, 5) is 31.4. The van der Waals surface area contributed by atoms with E-state index in [-0.39, 0.29) is 5.91 Å². The molecule has 3 aromatic heterocycles. The zero-order valence-electron chi connectivity index (χ0n) is 18.1. The molecule has 3 heterocycles. The Labute approximate surface area is 189 Å². The number of carbonyl (C=O) groups is 2. The third-order valence-electron chi connectivity index (χ3n) is 5.08. The average molecular weight is 444 g/mol. The SMILES string of the molecule is C=CC(=O)Nc1cccc(-c2cnc3c(c2)c(-c2ccnc(F)c2)cn3C(C)OC(C)=O)c1. The second kappa shape index (κ2) is 9.04. The van der Waals surface area contributed by atoms with Crippen LogP contribution in [0.3, 0.4) is 0 Å². The van der Waals surface area contributed by atoms with Crippen LogP contribution in [0, 0.1) is 5.95 Å². The fraction of sp³-hybridized carbons (Fsp3) is 0.120. The minimum absolute atomic E-state index is 0.306. The Morgan fingerprint density at radius 1 is 1.15 bits per heavy atom. The molecule has 8 heteroatoms. The van der Waals surface area contributed by atoms with E-state index in [1.165, 1.54) is 25.3 Å². The Hall–Kier alpha value is -4.33. The van der Waals surface area contributed by atoms with Gasteiger partial charge in [0.25, 0.3) is 0 Å². The summed E-state index contributed by atoms with van der Waals surface area (Å²) < 4.78 is 20.9. The largest absolute Gasteiger partial charge is 0.442 e. The lowest BCUT2D eigenvalue weighted by atomic mass is 10.0. The number of fused-ring (bicyclic) bond motifs is 1. The first-order valence-corrected chi connectivity index (χ1v) is 10.2. The molecule has 0 fully saturated rings. The zero-order valence-corrected chi connectivity index (χ0v) is 18.1. The van der Waals surface area contributed by atoms with E-state index >= 15 is 0 Å². The van der Waals surface area contributed by atoms with Crippen molar-refractivity contribution in [3.63, 3.8) is 0 Å². The maximum absolute atomic E-state index is 13.9. The van der Waals surface area contributed by atoms with Crippen LogP contribution >= 0.6 is 0 Å². The Morgan fingerprint density at radius 2 is 1.97 bits per heavy atom. The van der Waals surface area contributed by atoms with Gasteiger partial charge in [-0.2, -0.15) is 4.39 Å². The average Bonchev–Trinajstić information content (AvgIpc) is 3.18. The molecule has 0 radical (unpaired) electrons. The van der Waals surface area contributed by atoms with Gasteiger partial charge in [0.1, 0.15) is 5.65 Å². The molecule has 1 atom stereocenters. The first kappa shape index (κ1) is 21.9. The van der Waals surface area contributed by atoms with Crippen LogP contribution in [0.25, 0.3) is 33.3 Å². The second-order valence-corrected chi connectivity index (χ2v) is 7.40. The van der Waals surface area contributed by atoms with Crippen LogP contribution in [0.1, 0.15) is 20.1 Å². The van der Waals surface area contributed by atoms with E-state index in [1.54, 1.807) is 36.0 Å². The van der Waals surface area contributed by atoms with E-state index in [0.717, 1.165) is 22.1 Å². The Balaban J connectivity index is 1.86. The Morgan fingerprint density at radius 3 is 2.70 bits per heavy atom. The summed E-state index contributed by atoms with van der Waals surface area (Å²) in [6.07, 6.45) is 5.47. The molecule has 1 N–H and O–H groups in total. The van der Waals surface area contributed by atoms with Crippen LogP contribution in [0.4, 0.5) is 10.1 Å². The molecule has 33 heavy (non-hydrogen) atoms. The number of ether oxygens (including phenoxy) is 1. The zero-order chi connectivity index (χ0) is 23.5. The number of rotatable bonds is 6. The van der Waals surface area contributed by atoms with Gasteiger partial charge in [-0.3, -0.25) is 14.2 Å². The van der Waals surface area contributed by atoms with Gasteiger partial charge in [-0.25, -0.2) is 9.97 Å². The van der Waals surface area contributed by atoms with Gasteiger partial charge in [0.2, 0.25) is 11.9 Å². The summed E-state index contributed by atoms with van der Waals surface area (Å²) in [6, 6.07) is 12.3. The lowest BCUT2D eigenvalue weighted by Gasteiger charge is -2.14. The van der Waals surface area contributed by atoms with Crippen LogP contribution in [0.2, 0.25) is 0 Å². The molecule has 0 aliphatic rings. The normalized spacial score (nSPS) is 11.7. The first-order valence-electron chi connectivity index (χ1n) is 10.2. The number of esters is 1. The molecule has 7 nitrogen and oxygen atoms in total. The predicted molar refractivity (Wildman–Crippen MR) is 124 cm³/mol. The number of hydrogen-bond acceptors (Lipinski definition) is 5. The molecule has 0 saturated heterocycles. The number of aromatic nitrogens is 3. The molecule has 0 bridgehead atoms. The van der Waals surface area contributed by atoms with Gasteiger partial charge in [0.15, 0.2) is 6.23 Å². The van der Waals surface area contributed by atoms with Gasteiger partial charge in [-0.1, -0.05) is 18.7 Å². The summed E-state index contributed by atoms with van der Waals surface area (Å²) in [5.41, 5.74) is 4.17. The Bertz CT molecular complexity index is 1380. The maximum Gasteiger partial charge on any atom is 0.304 e. The summed E-state index contributed by atoms with van der Waals surface area (Å²) in [5.74, 6) is -1.33. The van der Waals surface area contributed by atoms with Crippen molar-refractivity contribution < 1.29 is 18.7 Å². The van der Waals surface area contributed by atoms with Gasteiger partial charge in [-0.05, 0) is 48.4 Å². The van der Waals surface area contributed by atoms with Crippen LogP contribution in [-0.2, 0) is 14.3 Å². The molecule has 4 aromatic rings. The van der Waals surface area contributed by atoms with Gasteiger partial charge < -0.3 is 10.1 Å². The molecule has 1 amide bonds. The van der Waals surface area contributed by atoms with Crippen LogP contribution in [0.5, 0.6) is 0 Å². The highest BCUT2D eigenvalue weighted by Crippen LogP contribution is 2.35. The number of anilines is 1. The minimum atomic E-state index is -0.610. The van der Waals surface area contributed by atoms with Crippen molar-refractivity contribution in [1.29, 1.82) is 0 Å². The van der Waals surface area contributed by atoms with E-state index in [9.17, 15) is 14.0 Å². The number of pyridine rings is 2. The number of benzene rings is 1. The highest BCUT2D eigenvalue weighted by Gasteiger charge is 2.18. The third kappa shape index (κ3) is 4.64. The smallest absolute Gasteiger partial charge is 0.304 e. The number of carbonyl (C=O) groups excluding carboxylic acids is 2. The van der Waals surface area contributed by atoms with Crippen molar-refractivity contribution in [2.24, 2.45) is 0 Å². The summed E-state index contributed by atoms with van der Waals surface area (Å²) in [6.45, 7) is 6.54. The van der Waals surface area contributed by atoms with Gasteiger partial charge in [0, 0.05) is 53.8 Å². The molecule has 1 aromatic carbocycles. The number of nitrogens with one attached hydrogen (secondary N) is 1. The second-order valence-electron chi connectivity index (χ2n) is 7.40. The molecule has 1 unspecified atom stereocenters. The standard InChI is InChI=1S/C25H21FN4O3/c1-4-24(32)29-20-7-5-6-17(10-20)19-11-21-22(18-8-9-27-23(26)12-18)14-30(25(21)28-13-19)15(2)33-16(3)31/h4-15H,1H2,2-3H3,(H,29,32). The fourth-order valence-electron chi connectivity index (χ4n) is 3.63. The van der Waals surface area contributed by atoms with Crippen LogP contribution in [-0.4, -0.2) is 26.4 Å². The number of hydrogen-bond donors (Lipinski definition) is 1. The van der Waals surface area contributed by atoms with Gasteiger partial charge in [-0.15, -0.1) is 0 Å². The molecule has 0 aliphatic heterocycles. The fourth-order valence-corrected chi connectivity index (χ4v) is 3.63. The molecular weight excluding hydrogens is 423 g/mol. The number of amides is 1. The summed E-state index contributed by atoms with van der Waals surface area (Å²) in [7, 11) is 0. The third-order valence-corrected chi connectivity index (χ3v) is 5.08. The summed E-state index contributed by atoms with van der Waals surface area (Å²) in [5, 5.41) is 3.49. The van der Waals surface area contributed by atoms with Crippen molar-refractivity contribution in [3.05, 3.63) is 79.7 Å². The molecule has 4 rings (SSSR count).